The summed E-state index contributed by atoms with van der Waals surface area (Å²) in [4.78, 5) is 17.0. The van der Waals surface area contributed by atoms with Crippen LogP contribution >= 0.6 is 11.8 Å². The summed E-state index contributed by atoms with van der Waals surface area (Å²) >= 11 is 1.91. The van der Waals surface area contributed by atoms with E-state index in [1.165, 1.54) is 11.1 Å². The van der Waals surface area contributed by atoms with E-state index in [2.05, 4.69) is 46.8 Å². The Morgan fingerprint density at radius 1 is 1.32 bits per heavy atom. The molecule has 4 nitrogen and oxygen atoms in total. The monoisotopic (exact) mass is 355 g/mol. The second-order valence-electron chi connectivity index (χ2n) is 6.49. The van der Waals surface area contributed by atoms with Crippen LogP contribution in [0.15, 0.2) is 48.7 Å². The van der Waals surface area contributed by atoms with Crippen molar-refractivity contribution >= 4 is 17.7 Å². The van der Waals surface area contributed by atoms with E-state index in [9.17, 15) is 4.79 Å². The van der Waals surface area contributed by atoms with E-state index >= 15 is 0 Å². The van der Waals surface area contributed by atoms with Crippen LogP contribution < -0.4 is 10.6 Å². The van der Waals surface area contributed by atoms with Gasteiger partial charge in [0.25, 0.3) is 0 Å². The fraction of sp³-hybridized carbons (Fsp3) is 0.400. The first-order valence-corrected chi connectivity index (χ1v) is 9.93. The number of carbonyl (C=O) groups excluding carboxylic acids is 1. The second kappa shape index (κ2) is 9.02. The zero-order valence-corrected chi connectivity index (χ0v) is 15.4. The van der Waals surface area contributed by atoms with Crippen molar-refractivity contribution in [2.45, 2.75) is 31.8 Å². The standard InChI is InChI=1S/C20H25N3OS/c1-15-5-7-16(8-6-15)12-19(18-4-2-3-9-22-18)23-20(24)13-17-14-25-11-10-21-17/h2-9,17,19,21H,10-14H2,1H3,(H,23,24). The molecule has 1 amide bonds. The van der Waals surface area contributed by atoms with Crippen LogP contribution in [-0.4, -0.2) is 35.0 Å². The zero-order valence-electron chi connectivity index (χ0n) is 14.6. The van der Waals surface area contributed by atoms with Crippen molar-refractivity contribution in [2.24, 2.45) is 0 Å². The van der Waals surface area contributed by atoms with E-state index in [1.807, 2.05) is 30.0 Å². The molecule has 132 valence electrons. The van der Waals surface area contributed by atoms with Crippen molar-refractivity contribution in [3.63, 3.8) is 0 Å². The SMILES string of the molecule is Cc1ccc(CC(NC(=O)CC2CSCCN2)c2ccccn2)cc1. The third-order valence-electron chi connectivity index (χ3n) is 4.37. The lowest BCUT2D eigenvalue weighted by atomic mass is 10.0. The molecule has 1 saturated heterocycles. The number of hydrogen-bond acceptors (Lipinski definition) is 4. The number of benzene rings is 1. The highest BCUT2D eigenvalue weighted by molar-refractivity contribution is 7.99. The number of thioether (sulfide) groups is 1. The van der Waals surface area contributed by atoms with E-state index in [4.69, 9.17) is 0 Å². The fourth-order valence-corrected chi connectivity index (χ4v) is 3.95. The maximum Gasteiger partial charge on any atom is 0.222 e. The lowest BCUT2D eigenvalue weighted by Crippen LogP contribution is -2.42. The third kappa shape index (κ3) is 5.58. The molecule has 0 aliphatic carbocycles. The third-order valence-corrected chi connectivity index (χ3v) is 5.50. The lowest BCUT2D eigenvalue weighted by Gasteiger charge is -2.24. The molecule has 1 aromatic carbocycles. The van der Waals surface area contributed by atoms with E-state index in [1.54, 1.807) is 6.20 Å². The largest absolute Gasteiger partial charge is 0.347 e. The Bertz CT molecular complexity index is 669. The van der Waals surface area contributed by atoms with E-state index in [-0.39, 0.29) is 18.0 Å². The van der Waals surface area contributed by atoms with Gasteiger partial charge in [0.2, 0.25) is 5.91 Å². The van der Waals surface area contributed by atoms with Gasteiger partial charge in [0.15, 0.2) is 0 Å². The summed E-state index contributed by atoms with van der Waals surface area (Å²) in [7, 11) is 0. The van der Waals surface area contributed by atoms with Crippen LogP contribution in [0.1, 0.15) is 29.3 Å². The van der Waals surface area contributed by atoms with Gasteiger partial charge in [0.1, 0.15) is 0 Å². The molecule has 0 spiro atoms. The van der Waals surface area contributed by atoms with E-state index < -0.39 is 0 Å². The number of amides is 1. The van der Waals surface area contributed by atoms with Gasteiger partial charge in [-0.25, -0.2) is 0 Å². The first-order chi connectivity index (χ1) is 12.2. The van der Waals surface area contributed by atoms with Crippen LogP contribution in [0.25, 0.3) is 0 Å². The molecule has 5 heteroatoms. The highest BCUT2D eigenvalue weighted by Gasteiger charge is 2.20. The average Bonchev–Trinajstić information content (AvgIpc) is 2.64. The Morgan fingerprint density at radius 3 is 2.84 bits per heavy atom. The summed E-state index contributed by atoms with van der Waals surface area (Å²) in [5.74, 6) is 2.21. The number of pyridine rings is 1. The van der Waals surface area contributed by atoms with E-state index in [0.717, 1.165) is 30.2 Å². The molecule has 1 aliphatic rings. The van der Waals surface area contributed by atoms with Crippen molar-refractivity contribution in [1.82, 2.24) is 15.6 Å². The van der Waals surface area contributed by atoms with Gasteiger partial charge in [-0.3, -0.25) is 9.78 Å². The number of aryl methyl sites for hydroxylation is 1. The molecular weight excluding hydrogens is 330 g/mol. The van der Waals surface area contributed by atoms with Crippen molar-refractivity contribution in [2.75, 3.05) is 18.1 Å². The van der Waals surface area contributed by atoms with Gasteiger partial charge in [-0.2, -0.15) is 11.8 Å². The predicted octanol–water partition coefficient (Wildman–Crippen LogP) is 2.89. The van der Waals surface area contributed by atoms with Gasteiger partial charge < -0.3 is 10.6 Å². The Morgan fingerprint density at radius 2 is 2.16 bits per heavy atom. The Hall–Kier alpha value is -1.85. The molecule has 0 saturated carbocycles. The van der Waals surface area contributed by atoms with Crippen LogP contribution in [0.2, 0.25) is 0 Å². The fourth-order valence-electron chi connectivity index (χ4n) is 3.00. The average molecular weight is 356 g/mol. The zero-order chi connectivity index (χ0) is 17.5. The number of rotatable bonds is 6. The number of hydrogen-bond donors (Lipinski definition) is 2. The molecular formula is C20H25N3OS. The highest BCUT2D eigenvalue weighted by atomic mass is 32.2. The minimum atomic E-state index is -0.104. The number of carbonyl (C=O) groups is 1. The molecule has 1 aliphatic heterocycles. The van der Waals surface area contributed by atoms with Gasteiger partial charge in [0.05, 0.1) is 11.7 Å². The van der Waals surface area contributed by atoms with Gasteiger partial charge in [0, 0.05) is 36.7 Å². The quantitative estimate of drug-likeness (QED) is 0.837. The molecule has 2 atom stereocenters. The number of nitrogens with zero attached hydrogens (tertiary/aromatic N) is 1. The van der Waals surface area contributed by atoms with Crippen LogP contribution in [-0.2, 0) is 11.2 Å². The molecule has 3 rings (SSSR count). The minimum Gasteiger partial charge on any atom is -0.347 e. The highest BCUT2D eigenvalue weighted by Crippen LogP contribution is 2.18. The molecule has 1 aromatic heterocycles. The summed E-state index contributed by atoms with van der Waals surface area (Å²) in [5, 5.41) is 6.61. The van der Waals surface area contributed by atoms with Gasteiger partial charge in [-0.05, 0) is 31.0 Å². The van der Waals surface area contributed by atoms with Crippen LogP contribution in [0, 0.1) is 6.92 Å². The minimum absolute atomic E-state index is 0.0859. The van der Waals surface area contributed by atoms with Crippen molar-refractivity contribution < 1.29 is 4.79 Å². The van der Waals surface area contributed by atoms with Crippen LogP contribution in [0.4, 0.5) is 0 Å². The number of aromatic nitrogens is 1. The van der Waals surface area contributed by atoms with Crippen LogP contribution in [0.3, 0.4) is 0 Å². The first kappa shape index (κ1) is 18.0. The summed E-state index contributed by atoms with van der Waals surface area (Å²) < 4.78 is 0. The normalized spacial score (nSPS) is 18.5. The Balaban J connectivity index is 1.67. The molecule has 2 N–H and O–H groups in total. The van der Waals surface area contributed by atoms with Crippen molar-refractivity contribution in [3.8, 4) is 0 Å². The van der Waals surface area contributed by atoms with Crippen molar-refractivity contribution in [1.29, 1.82) is 0 Å². The molecule has 1 fully saturated rings. The lowest BCUT2D eigenvalue weighted by molar-refractivity contribution is -0.122. The smallest absolute Gasteiger partial charge is 0.222 e. The molecule has 0 radical (unpaired) electrons. The summed E-state index contributed by atoms with van der Waals surface area (Å²) in [6, 6.07) is 14.5. The van der Waals surface area contributed by atoms with Gasteiger partial charge >= 0.3 is 0 Å². The first-order valence-electron chi connectivity index (χ1n) is 8.77. The molecule has 0 bridgehead atoms. The maximum absolute atomic E-state index is 12.6. The maximum atomic E-state index is 12.6. The van der Waals surface area contributed by atoms with Crippen LogP contribution in [0.5, 0.6) is 0 Å². The molecule has 25 heavy (non-hydrogen) atoms. The Kier molecular flexibility index (Phi) is 6.48. The molecule has 2 aromatic rings. The summed E-state index contributed by atoms with van der Waals surface area (Å²) in [5.41, 5.74) is 3.35. The number of nitrogens with one attached hydrogen (secondary N) is 2. The van der Waals surface area contributed by atoms with E-state index in [0.29, 0.717) is 6.42 Å². The van der Waals surface area contributed by atoms with Gasteiger partial charge in [-0.1, -0.05) is 35.9 Å². The second-order valence-corrected chi connectivity index (χ2v) is 7.64. The molecule has 2 heterocycles. The summed E-state index contributed by atoms with van der Waals surface area (Å²) in [6.45, 7) is 3.06. The van der Waals surface area contributed by atoms with Gasteiger partial charge in [-0.15, -0.1) is 0 Å². The molecule has 2 unspecified atom stereocenters. The van der Waals surface area contributed by atoms with Crippen molar-refractivity contribution in [3.05, 3.63) is 65.5 Å². The topological polar surface area (TPSA) is 54.0 Å². The summed E-state index contributed by atoms with van der Waals surface area (Å²) in [6.07, 6.45) is 3.04. The predicted molar refractivity (Wildman–Crippen MR) is 104 cm³/mol. The Labute approximate surface area is 153 Å².